The number of rotatable bonds is 6. The summed E-state index contributed by atoms with van der Waals surface area (Å²) >= 11 is 0. The van der Waals surface area contributed by atoms with E-state index in [4.69, 9.17) is 10.5 Å². The highest BCUT2D eigenvalue weighted by molar-refractivity contribution is 5.90. The highest BCUT2D eigenvalue weighted by atomic mass is 16.5. The van der Waals surface area contributed by atoms with Crippen molar-refractivity contribution in [2.45, 2.75) is 25.9 Å². The minimum Gasteiger partial charge on any atom is -0.497 e. The van der Waals surface area contributed by atoms with Crippen LogP contribution < -0.4 is 15.8 Å². The molecule has 1 amide bonds. The van der Waals surface area contributed by atoms with E-state index >= 15 is 0 Å². The first-order valence-corrected chi connectivity index (χ1v) is 6.97. The van der Waals surface area contributed by atoms with Crippen molar-refractivity contribution in [1.29, 1.82) is 0 Å². The van der Waals surface area contributed by atoms with Gasteiger partial charge in [-0.15, -0.1) is 0 Å². The van der Waals surface area contributed by atoms with Gasteiger partial charge in [-0.3, -0.25) is 4.79 Å². The summed E-state index contributed by atoms with van der Waals surface area (Å²) < 4.78 is 6.96. The number of ether oxygens (including phenoxy) is 1. The summed E-state index contributed by atoms with van der Waals surface area (Å²) in [5.41, 5.74) is 7.73. The molecule has 21 heavy (non-hydrogen) atoms. The minimum atomic E-state index is -0.0875. The van der Waals surface area contributed by atoms with E-state index in [0.29, 0.717) is 5.75 Å². The second-order valence-electron chi connectivity index (χ2n) is 4.91. The van der Waals surface area contributed by atoms with Crippen LogP contribution in [-0.4, -0.2) is 17.6 Å². The third kappa shape index (κ3) is 4.10. The van der Waals surface area contributed by atoms with Gasteiger partial charge in [-0.1, -0.05) is 13.0 Å². The lowest BCUT2D eigenvalue weighted by Gasteiger charge is -2.08. The number of nitrogens with one attached hydrogen (secondary N) is 1. The fourth-order valence-corrected chi connectivity index (χ4v) is 2.08. The topological polar surface area (TPSA) is 69.3 Å². The molecule has 0 radical (unpaired) electrons. The van der Waals surface area contributed by atoms with Crippen LogP contribution in [0.3, 0.4) is 0 Å². The van der Waals surface area contributed by atoms with Crippen LogP contribution in [0.1, 0.15) is 24.9 Å². The Morgan fingerprint density at radius 1 is 1.43 bits per heavy atom. The Hall–Kier alpha value is -2.27. The van der Waals surface area contributed by atoms with Gasteiger partial charge >= 0.3 is 0 Å². The third-order valence-electron chi connectivity index (χ3n) is 3.32. The third-order valence-corrected chi connectivity index (χ3v) is 3.32. The number of benzene rings is 1. The molecule has 0 spiro atoms. The second-order valence-corrected chi connectivity index (χ2v) is 4.91. The molecule has 0 fully saturated rings. The van der Waals surface area contributed by atoms with Crippen LogP contribution in [0.25, 0.3) is 0 Å². The molecular weight excluding hydrogens is 266 g/mol. The van der Waals surface area contributed by atoms with Crippen LogP contribution in [0.15, 0.2) is 42.7 Å². The molecule has 5 heteroatoms. The standard InChI is InChI=1S/C16H21N3O2/c1-3-15(17)12-7-8-19(10-12)11-16(20)18-13-5-4-6-14(9-13)21-2/h4-10,15H,3,11,17H2,1-2H3,(H,18,20). The Morgan fingerprint density at radius 2 is 2.24 bits per heavy atom. The van der Waals surface area contributed by atoms with E-state index in [1.165, 1.54) is 0 Å². The van der Waals surface area contributed by atoms with Gasteiger partial charge in [0.25, 0.3) is 0 Å². The predicted molar refractivity (Wildman–Crippen MR) is 83.3 cm³/mol. The molecule has 5 nitrogen and oxygen atoms in total. The summed E-state index contributed by atoms with van der Waals surface area (Å²) in [6.07, 6.45) is 4.66. The van der Waals surface area contributed by atoms with Crippen LogP contribution in [0, 0.1) is 0 Å². The molecule has 0 aliphatic heterocycles. The maximum absolute atomic E-state index is 12.0. The van der Waals surface area contributed by atoms with Crippen LogP contribution in [0.4, 0.5) is 5.69 Å². The molecular formula is C16H21N3O2. The summed E-state index contributed by atoms with van der Waals surface area (Å²) in [5.74, 6) is 0.625. The number of carbonyl (C=O) groups excluding carboxylic acids is 1. The molecule has 1 aromatic carbocycles. The van der Waals surface area contributed by atoms with E-state index in [1.807, 2.05) is 48.1 Å². The number of hydrogen-bond acceptors (Lipinski definition) is 3. The van der Waals surface area contributed by atoms with Gasteiger partial charge in [-0.2, -0.15) is 0 Å². The smallest absolute Gasteiger partial charge is 0.244 e. The molecule has 0 saturated heterocycles. The lowest BCUT2D eigenvalue weighted by atomic mass is 10.1. The fraction of sp³-hybridized carbons (Fsp3) is 0.312. The van der Waals surface area contributed by atoms with E-state index in [1.54, 1.807) is 13.2 Å². The Kier molecular flexibility index (Phi) is 5.00. The highest BCUT2D eigenvalue weighted by Gasteiger charge is 2.08. The zero-order chi connectivity index (χ0) is 15.2. The summed E-state index contributed by atoms with van der Waals surface area (Å²) in [6, 6.07) is 9.25. The van der Waals surface area contributed by atoms with Crippen LogP contribution >= 0.6 is 0 Å². The molecule has 1 unspecified atom stereocenters. The second kappa shape index (κ2) is 6.95. The number of anilines is 1. The largest absolute Gasteiger partial charge is 0.497 e. The fourth-order valence-electron chi connectivity index (χ4n) is 2.08. The lowest BCUT2D eigenvalue weighted by Crippen LogP contribution is -2.18. The molecule has 0 aliphatic rings. The van der Waals surface area contributed by atoms with E-state index < -0.39 is 0 Å². The number of methoxy groups -OCH3 is 1. The molecule has 0 aliphatic carbocycles. The van der Waals surface area contributed by atoms with E-state index in [0.717, 1.165) is 17.7 Å². The molecule has 112 valence electrons. The van der Waals surface area contributed by atoms with E-state index in [2.05, 4.69) is 5.32 Å². The summed E-state index contributed by atoms with van der Waals surface area (Å²) in [4.78, 5) is 12.0. The van der Waals surface area contributed by atoms with Gasteiger partial charge in [-0.25, -0.2) is 0 Å². The monoisotopic (exact) mass is 287 g/mol. The van der Waals surface area contributed by atoms with Gasteiger partial charge in [-0.05, 0) is 30.2 Å². The number of nitrogens with two attached hydrogens (primary N) is 1. The van der Waals surface area contributed by atoms with Crippen molar-refractivity contribution in [2.24, 2.45) is 5.73 Å². The van der Waals surface area contributed by atoms with Crippen molar-refractivity contribution in [2.75, 3.05) is 12.4 Å². The van der Waals surface area contributed by atoms with Crippen molar-refractivity contribution in [3.8, 4) is 5.75 Å². The van der Waals surface area contributed by atoms with Gasteiger partial charge < -0.3 is 20.4 Å². The van der Waals surface area contributed by atoms with Gasteiger partial charge in [0.1, 0.15) is 12.3 Å². The summed E-state index contributed by atoms with van der Waals surface area (Å²) in [7, 11) is 1.60. The van der Waals surface area contributed by atoms with Crippen molar-refractivity contribution < 1.29 is 9.53 Å². The van der Waals surface area contributed by atoms with E-state index in [9.17, 15) is 4.79 Å². The van der Waals surface area contributed by atoms with Crippen molar-refractivity contribution in [3.05, 3.63) is 48.3 Å². The first-order chi connectivity index (χ1) is 10.1. The number of nitrogens with zero attached hydrogens (tertiary/aromatic N) is 1. The number of carbonyl (C=O) groups is 1. The molecule has 1 heterocycles. The summed E-state index contributed by atoms with van der Waals surface area (Å²) in [6.45, 7) is 2.30. The summed E-state index contributed by atoms with van der Waals surface area (Å²) in [5, 5.41) is 2.85. The molecule has 2 rings (SSSR count). The van der Waals surface area contributed by atoms with Crippen LogP contribution in [0.2, 0.25) is 0 Å². The van der Waals surface area contributed by atoms with Crippen molar-refractivity contribution in [3.63, 3.8) is 0 Å². The maximum atomic E-state index is 12.0. The SMILES string of the molecule is CCC(N)c1ccn(CC(=O)Nc2cccc(OC)c2)c1. The van der Waals surface area contributed by atoms with E-state index in [-0.39, 0.29) is 18.5 Å². The first kappa shape index (κ1) is 15.1. The molecule has 0 bridgehead atoms. The predicted octanol–water partition coefficient (Wildman–Crippen LogP) is 2.55. The van der Waals surface area contributed by atoms with Gasteiger partial charge in [0.15, 0.2) is 0 Å². The molecule has 2 aromatic rings. The highest BCUT2D eigenvalue weighted by Crippen LogP contribution is 2.17. The minimum absolute atomic E-state index is 0.0210. The Labute approximate surface area is 124 Å². The van der Waals surface area contributed by atoms with Crippen molar-refractivity contribution in [1.82, 2.24) is 4.57 Å². The van der Waals surface area contributed by atoms with Gasteiger partial charge in [0.05, 0.1) is 7.11 Å². The average molecular weight is 287 g/mol. The van der Waals surface area contributed by atoms with Crippen LogP contribution in [-0.2, 0) is 11.3 Å². The quantitative estimate of drug-likeness (QED) is 0.858. The van der Waals surface area contributed by atoms with Crippen molar-refractivity contribution >= 4 is 11.6 Å². The number of hydrogen-bond donors (Lipinski definition) is 2. The van der Waals surface area contributed by atoms with Crippen LogP contribution in [0.5, 0.6) is 5.75 Å². The Balaban J connectivity index is 1.96. The Morgan fingerprint density at radius 3 is 2.95 bits per heavy atom. The maximum Gasteiger partial charge on any atom is 0.244 e. The Bertz CT molecular complexity index is 607. The molecule has 3 N–H and O–H groups in total. The van der Waals surface area contributed by atoms with Gasteiger partial charge in [0.2, 0.25) is 5.91 Å². The molecule has 1 aromatic heterocycles. The number of aromatic nitrogens is 1. The number of amides is 1. The zero-order valence-corrected chi connectivity index (χ0v) is 12.4. The molecule has 1 atom stereocenters. The zero-order valence-electron chi connectivity index (χ0n) is 12.4. The van der Waals surface area contributed by atoms with Gasteiger partial charge in [0, 0.05) is 30.2 Å². The average Bonchev–Trinajstić information content (AvgIpc) is 2.94. The first-order valence-electron chi connectivity index (χ1n) is 6.97. The normalized spacial score (nSPS) is 12.0. The molecule has 0 saturated carbocycles. The lowest BCUT2D eigenvalue weighted by molar-refractivity contribution is -0.116.